The molecule has 0 unspecified atom stereocenters. The van der Waals surface area contributed by atoms with E-state index in [1.807, 2.05) is 0 Å². The molecule has 2 aliphatic carbocycles. The molecule has 0 atom stereocenters. The van der Waals surface area contributed by atoms with Crippen LogP contribution in [0.1, 0.15) is 126 Å². The van der Waals surface area contributed by atoms with Gasteiger partial charge in [0.2, 0.25) is 0 Å². The average Bonchev–Trinajstić information content (AvgIpc) is 3.19. The summed E-state index contributed by atoms with van der Waals surface area (Å²) in [5.74, 6) is 1.25. The zero-order chi connectivity index (χ0) is 39.8. The van der Waals surface area contributed by atoms with Gasteiger partial charge in [0.15, 0.2) is 0 Å². The Morgan fingerprint density at radius 3 is 1.22 bits per heavy atom. The van der Waals surface area contributed by atoms with Crippen molar-refractivity contribution in [2.24, 2.45) is 0 Å². The number of anilines is 6. The zero-order valence-electron chi connectivity index (χ0n) is 35.9. The normalized spacial score (nSPS) is 16.6. The Bertz CT molecular complexity index is 2380. The first-order valence-electron chi connectivity index (χ1n) is 22.4. The Hall–Kier alpha value is -5.02. The number of aryl methyl sites for hydroxylation is 7. The van der Waals surface area contributed by atoms with Crippen LogP contribution in [-0.2, 0) is 0 Å². The first-order valence-corrected chi connectivity index (χ1v) is 22.4. The van der Waals surface area contributed by atoms with E-state index < -0.39 is 0 Å². The molecule has 0 radical (unpaired) electrons. The first-order chi connectivity index (χ1) is 28.1. The second-order valence-corrected chi connectivity index (χ2v) is 18.8. The van der Waals surface area contributed by atoms with E-state index in [-0.39, 0.29) is 6.71 Å². The second-order valence-electron chi connectivity index (χ2n) is 18.8. The fourth-order valence-corrected chi connectivity index (χ4v) is 11.9. The van der Waals surface area contributed by atoms with Crippen LogP contribution < -0.4 is 26.2 Å². The molecule has 3 heteroatoms. The SMILES string of the molecule is Cc1cc(C)cc(N2c3cc(C4CCCCC4)ccc3B3c4ccc(C5CCCCC5)cc4N(c4cc(C)cc(C)c4)c4cc(-c5c(C)cc(C)cc5C)cc2c43)c1. The van der Waals surface area contributed by atoms with Gasteiger partial charge < -0.3 is 9.80 Å². The van der Waals surface area contributed by atoms with Crippen LogP contribution in [0.25, 0.3) is 11.1 Å². The minimum atomic E-state index is 0.120. The molecule has 10 rings (SSSR count). The molecular weight excluding hydrogens is 699 g/mol. The van der Waals surface area contributed by atoms with Crippen LogP contribution >= 0.6 is 0 Å². The van der Waals surface area contributed by atoms with E-state index >= 15 is 0 Å². The summed E-state index contributed by atoms with van der Waals surface area (Å²) in [5.41, 5.74) is 27.0. The van der Waals surface area contributed by atoms with Crippen molar-refractivity contribution in [2.75, 3.05) is 9.80 Å². The van der Waals surface area contributed by atoms with Crippen molar-refractivity contribution in [3.8, 4) is 11.1 Å². The number of fused-ring (bicyclic) bond motifs is 4. The van der Waals surface area contributed by atoms with E-state index in [1.165, 1.54) is 176 Å². The lowest BCUT2D eigenvalue weighted by molar-refractivity contribution is 0.444. The average molecular weight is 759 g/mol. The minimum absolute atomic E-state index is 0.120. The molecule has 6 aromatic rings. The Morgan fingerprint density at radius 2 is 0.810 bits per heavy atom. The zero-order valence-corrected chi connectivity index (χ0v) is 35.9. The highest BCUT2D eigenvalue weighted by atomic mass is 15.2. The lowest BCUT2D eigenvalue weighted by Gasteiger charge is -2.45. The van der Waals surface area contributed by atoms with Crippen molar-refractivity contribution in [1.29, 1.82) is 0 Å². The monoisotopic (exact) mass is 758 g/mol. The fourth-order valence-electron chi connectivity index (χ4n) is 11.9. The molecule has 2 heterocycles. The molecule has 2 aliphatic heterocycles. The van der Waals surface area contributed by atoms with Crippen molar-refractivity contribution in [1.82, 2.24) is 0 Å². The maximum Gasteiger partial charge on any atom is 0.252 e. The van der Waals surface area contributed by atoms with Gasteiger partial charge in [-0.1, -0.05) is 92.6 Å². The highest BCUT2D eigenvalue weighted by molar-refractivity contribution is 7.00. The van der Waals surface area contributed by atoms with Crippen molar-refractivity contribution in [2.45, 2.75) is 125 Å². The largest absolute Gasteiger partial charge is 0.311 e. The minimum Gasteiger partial charge on any atom is -0.311 e. The number of nitrogens with zero attached hydrogens (tertiary/aromatic N) is 2. The van der Waals surface area contributed by atoms with Crippen molar-refractivity contribution < 1.29 is 0 Å². The second kappa shape index (κ2) is 14.7. The molecule has 0 saturated heterocycles. The predicted molar refractivity (Wildman–Crippen MR) is 251 cm³/mol. The van der Waals surface area contributed by atoms with E-state index in [0.717, 1.165) is 0 Å². The third kappa shape index (κ3) is 6.41. The maximum absolute atomic E-state index is 2.67. The highest BCUT2D eigenvalue weighted by Gasteiger charge is 2.44. The van der Waals surface area contributed by atoms with Gasteiger partial charge in [0.05, 0.1) is 0 Å². The standard InChI is InChI=1S/C55H59BN2/c1-34-22-35(2)27-46(26-34)57-50-30-43(41-14-10-8-11-15-41)18-20-48(50)56-49-21-19-44(42-16-12-9-13-17-42)31-51(49)58(47-28-36(3)23-37(4)29-47)53-33-45(32-52(57)55(53)56)54-39(6)24-38(5)25-40(54)7/h18-33,41-42H,8-17H2,1-7H3. The van der Waals surface area contributed by atoms with Crippen molar-refractivity contribution in [3.63, 3.8) is 0 Å². The molecule has 2 saturated carbocycles. The molecule has 0 N–H and O–H groups in total. The summed E-state index contributed by atoms with van der Waals surface area (Å²) in [7, 11) is 0. The first kappa shape index (κ1) is 37.3. The molecular formula is C55H59BN2. The summed E-state index contributed by atoms with van der Waals surface area (Å²) in [6, 6.07) is 39.5. The van der Waals surface area contributed by atoms with Gasteiger partial charge in [0.1, 0.15) is 0 Å². The predicted octanol–water partition coefficient (Wildman–Crippen LogP) is 13.7. The lowest BCUT2D eigenvalue weighted by atomic mass is 9.33. The van der Waals surface area contributed by atoms with Gasteiger partial charge >= 0.3 is 0 Å². The molecule has 0 aromatic heterocycles. The smallest absolute Gasteiger partial charge is 0.252 e. The molecule has 4 aliphatic rings. The Morgan fingerprint density at radius 1 is 0.414 bits per heavy atom. The molecule has 2 fully saturated rings. The molecule has 0 amide bonds. The van der Waals surface area contributed by atoms with Crippen LogP contribution in [0.2, 0.25) is 0 Å². The van der Waals surface area contributed by atoms with Crippen molar-refractivity contribution >= 4 is 57.2 Å². The van der Waals surface area contributed by atoms with E-state index in [2.05, 4.69) is 155 Å². The number of benzene rings is 6. The van der Waals surface area contributed by atoms with Crippen LogP contribution in [0.5, 0.6) is 0 Å². The van der Waals surface area contributed by atoms with Gasteiger partial charge in [-0.3, -0.25) is 0 Å². The summed E-state index contributed by atoms with van der Waals surface area (Å²) in [5, 5.41) is 0. The van der Waals surface area contributed by atoms with Crippen LogP contribution in [0.15, 0.2) is 97.1 Å². The molecule has 58 heavy (non-hydrogen) atoms. The van der Waals surface area contributed by atoms with Crippen LogP contribution in [-0.4, -0.2) is 6.71 Å². The van der Waals surface area contributed by atoms with Gasteiger partial charge in [0.25, 0.3) is 6.71 Å². The van der Waals surface area contributed by atoms with Gasteiger partial charge in [-0.2, -0.15) is 0 Å². The van der Waals surface area contributed by atoms with E-state index in [4.69, 9.17) is 0 Å². The summed E-state index contributed by atoms with van der Waals surface area (Å²) >= 11 is 0. The molecule has 6 aromatic carbocycles. The summed E-state index contributed by atoms with van der Waals surface area (Å²) in [6.07, 6.45) is 13.2. The summed E-state index contributed by atoms with van der Waals surface area (Å²) < 4.78 is 0. The van der Waals surface area contributed by atoms with Crippen molar-refractivity contribution in [3.05, 3.63) is 147 Å². The van der Waals surface area contributed by atoms with E-state index in [9.17, 15) is 0 Å². The maximum atomic E-state index is 2.67. The van der Waals surface area contributed by atoms with Crippen LogP contribution in [0, 0.1) is 48.5 Å². The molecule has 0 bridgehead atoms. The van der Waals surface area contributed by atoms with Gasteiger partial charge in [-0.15, -0.1) is 0 Å². The summed E-state index contributed by atoms with van der Waals surface area (Å²) in [4.78, 5) is 5.33. The highest BCUT2D eigenvalue weighted by Crippen LogP contribution is 2.49. The molecule has 292 valence electrons. The van der Waals surface area contributed by atoms with Crippen LogP contribution in [0.4, 0.5) is 34.1 Å². The van der Waals surface area contributed by atoms with Crippen LogP contribution in [0.3, 0.4) is 0 Å². The summed E-state index contributed by atoms with van der Waals surface area (Å²) in [6.45, 7) is 16.0. The van der Waals surface area contributed by atoms with E-state index in [0.29, 0.717) is 11.8 Å². The Labute approximate surface area is 348 Å². The third-order valence-electron chi connectivity index (χ3n) is 14.2. The lowest BCUT2D eigenvalue weighted by Crippen LogP contribution is -2.61. The number of hydrogen-bond acceptors (Lipinski definition) is 2. The van der Waals surface area contributed by atoms with Gasteiger partial charge in [-0.05, 0) is 207 Å². The fraction of sp³-hybridized carbons (Fsp3) is 0.345. The van der Waals surface area contributed by atoms with Gasteiger partial charge in [0, 0.05) is 34.1 Å². The number of hydrogen-bond donors (Lipinski definition) is 0. The Balaban J connectivity index is 1.32. The van der Waals surface area contributed by atoms with Gasteiger partial charge in [-0.25, -0.2) is 0 Å². The third-order valence-corrected chi connectivity index (χ3v) is 14.2. The molecule has 0 spiro atoms. The Kier molecular flexibility index (Phi) is 9.42. The number of rotatable bonds is 5. The topological polar surface area (TPSA) is 6.48 Å². The quantitative estimate of drug-likeness (QED) is 0.161. The van der Waals surface area contributed by atoms with E-state index in [1.54, 1.807) is 0 Å². The molecule has 2 nitrogen and oxygen atoms in total.